The van der Waals surface area contributed by atoms with Gasteiger partial charge in [0.2, 0.25) is 0 Å². The SMILES string of the molecule is CCOC(=O)[C@H]1[C@@H](NC(=O)C(=NOC)c2csc(N)n2)C(=O)N1S(=O)(=O)[O-].[Na+]. The number of carbonyl (C=O) groups is 3. The van der Waals surface area contributed by atoms with E-state index in [-0.39, 0.29) is 57.0 Å². The van der Waals surface area contributed by atoms with Gasteiger partial charge in [-0.1, -0.05) is 5.16 Å². The maximum Gasteiger partial charge on any atom is 1.00 e. The first-order chi connectivity index (χ1) is 12.6. The fourth-order valence-electron chi connectivity index (χ4n) is 2.21. The quantitative estimate of drug-likeness (QED) is 0.103. The van der Waals surface area contributed by atoms with E-state index < -0.39 is 40.2 Å². The zero-order valence-corrected chi connectivity index (χ0v) is 18.6. The molecule has 2 rings (SSSR count). The van der Waals surface area contributed by atoms with Crippen molar-refractivity contribution in [1.82, 2.24) is 14.6 Å². The molecule has 13 nitrogen and oxygen atoms in total. The number of β-lactam (4-membered cyclic amide) rings is 1. The van der Waals surface area contributed by atoms with Crippen LogP contribution in [0.3, 0.4) is 0 Å². The number of thiazole rings is 1. The van der Waals surface area contributed by atoms with Gasteiger partial charge in [-0.05, 0) is 6.92 Å². The molecule has 2 atom stereocenters. The van der Waals surface area contributed by atoms with E-state index in [2.05, 4.69) is 25.0 Å². The summed E-state index contributed by atoms with van der Waals surface area (Å²) >= 11 is 1.01. The molecule has 0 aliphatic carbocycles. The molecular formula is C12H14N5NaO8S2. The number of rotatable bonds is 7. The Balaban J connectivity index is 0.00000392. The van der Waals surface area contributed by atoms with Gasteiger partial charge >= 0.3 is 35.5 Å². The largest absolute Gasteiger partial charge is 1.00 e. The Bertz CT molecular complexity index is 902. The fraction of sp³-hybridized carbons (Fsp3) is 0.417. The predicted octanol–water partition coefficient (Wildman–Crippen LogP) is -5.20. The summed E-state index contributed by atoms with van der Waals surface area (Å²) in [6.45, 7) is 1.31. The van der Waals surface area contributed by atoms with Crippen LogP contribution in [-0.2, 0) is 34.3 Å². The van der Waals surface area contributed by atoms with Crippen molar-refractivity contribution in [3.8, 4) is 0 Å². The Kier molecular flexibility index (Phi) is 8.33. The average Bonchev–Trinajstić information content (AvgIpc) is 2.99. The third-order valence-electron chi connectivity index (χ3n) is 3.27. The summed E-state index contributed by atoms with van der Waals surface area (Å²) in [4.78, 5) is 44.8. The zero-order valence-electron chi connectivity index (χ0n) is 14.9. The Labute approximate surface area is 185 Å². The molecule has 16 heteroatoms. The number of hydrogen-bond acceptors (Lipinski definition) is 12. The number of amides is 2. The number of nitrogens with two attached hydrogens (primary N) is 1. The number of nitrogen functional groups attached to an aromatic ring is 1. The normalized spacial score (nSPS) is 19.3. The summed E-state index contributed by atoms with van der Waals surface area (Å²) < 4.78 is 38.1. The summed E-state index contributed by atoms with van der Waals surface area (Å²) in [5, 5.41) is 7.15. The summed E-state index contributed by atoms with van der Waals surface area (Å²) in [7, 11) is -4.12. The van der Waals surface area contributed by atoms with E-state index >= 15 is 0 Å². The number of esters is 1. The van der Waals surface area contributed by atoms with E-state index in [0.29, 0.717) is 0 Å². The Morgan fingerprint density at radius 3 is 2.61 bits per heavy atom. The molecule has 0 unspecified atom stereocenters. The average molecular weight is 443 g/mol. The van der Waals surface area contributed by atoms with Crippen molar-refractivity contribution in [1.29, 1.82) is 0 Å². The van der Waals surface area contributed by atoms with E-state index in [1.54, 1.807) is 0 Å². The monoisotopic (exact) mass is 443 g/mol. The Hall–Kier alpha value is -1.78. The molecular weight excluding hydrogens is 429 g/mol. The third-order valence-corrected chi connectivity index (χ3v) is 4.83. The van der Waals surface area contributed by atoms with Crippen molar-refractivity contribution in [2.24, 2.45) is 5.16 Å². The molecule has 1 fully saturated rings. The van der Waals surface area contributed by atoms with Crippen LogP contribution in [0.25, 0.3) is 0 Å². The number of aromatic nitrogens is 1. The van der Waals surface area contributed by atoms with Gasteiger partial charge in [-0.15, -0.1) is 11.3 Å². The van der Waals surface area contributed by atoms with Gasteiger partial charge in [0, 0.05) is 5.38 Å². The van der Waals surface area contributed by atoms with Crippen LogP contribution in [0.1, 0.15) is 12.6 Å². The first-order valence-corrected chi connectivity index (χ1v) is 9.45. The van der Waals surface area contributed by atoms with E-state index in [1.165, 1.54) is 12.3 Å². The summed E-state index contributed by atoms with van der Waals surface area (Å²) in [5.41, 5.74) is 5.15. The number of anilines is 1. The topological polar surface area (TPSA) is 193 Å². The van der Waals surface area contributed by atoms with Crippen molar-refractivity contribution in [3.05, 3.63) is 11.1 Å². The van der Waals surface area contributed by atoms with Crippen molar-refractivity contribution in [2.45, 2.75) is 19.0 Å². The van der Waals surface area contributed by atoms with Crippen molar-refractivity contribution >= 4 is 50.3 Å². The minimum absolute atomic E-state index is 0. The molecule has 148 valence electrons. The second-order valence-corrected chi connectivity index (χ2v) is 7.07. The van der Waals surface area contributed by atoms with Crippen LogP contribution in [-0.4, -0.2) is 71.6 Å². The van der Waals surface area contributed by atoms with E-state index in [0.717, 1.165) is 18.4 Å². The van der Waals surface area contributed by atoms with Crippen LogP contribution in [0.15, 0.2) is 10.5 Å². The molecule has 1 aliphatic rings. The standard InChI is InChI=1S/C12H15N5O8S2.Na/c1-3-25-11(20)8-7(10(19)17(8)27(21,22)23)15-9(18)6(16-24-2)5-4-26-12(13)14-5;/h4,7-8H,3H2,1-2H3,(H2,13,14)(H,15,18)(H,21,22,23);/q;+1/p-1/t7-,8-;/m1./s1. The van der Waals surface area contributed by atoms with Crippen molar-refractivity contribution in [3.63, 3.8) is 0 Å². The van der Waals surface area contributed by atoms with Crippen molar-refractivity contribution in [2.75, 3.05) is 19.5 Å². The third kappa shape index (κ3) is 4.98. The second-order valence-electron chi connectivity index (χ2n) is 4.93. The van der Waals surface area contributed by atoms with Gasteiger partial charge in [0.25, 0.3) is 11.8 Å². The van der Waals surface area contributed by atoms with Gasteiger partial charge in [0.15, 0.2) is 27.2 Å². The van der Waals surface area contributed by atoms with Crippen LogP contribution in [0.4, 0.5) is 5.13 Å². The molecule has 0 bridgehead atoms. The van der Waals surface area contributed by atoms with Crippen LogP contribution in [0, 0.1) is 0 Å². The van der Waals surface area contributed by atoms with Gasteiger partial charge in [-0.3, -0.25) is 9.59 Å². The molecule has 0 spiro atoms. The summed E-state index contributed by atoms with van der Waals surface area (Å²) in [6.07, 6.45) is 0. The van der Waals surface area contributed by atoms with Gasteiger partial charge in [-0.25, -0.2) is 22.5 Å². The maximum atomic E-state index is 12.4. The molecule has 0 radical (unpaired) electrons. The smallest absolute Gasteiger partial charge is 0.731 e. The molecule has 2 heterocycles. The predicted molar refractivity (Wildman–Crippen MR) is 89.0 cm³/mol. The minimum Gasteiger partial charge on any atom is -0.731 e. The van der Waals surface area contributed by atoms with Crippen LogP contribution in [0.2, 0.25) is 0 Å². The molecule has 1 aliphatic heterocycles. The molecule has 0 aromatic carbocycles. The first-order valence-electron chi connectivity index (χ1n) is 7.20. The van der Waals surface area contributed by atoms with Gasteiger partial charge in [0.05, 0.1) is 6.61 Å². The first kappa shape index (κ1) is 24.3. The molecule has 1 saturated heterocycles. The molecule has 1 aromatic heterocycles. The fourth-order valence-corrected chi connectivity index (χ4v) is 3.58. The van der Waals surface area contributed by atoms with Crippen molar-refractivity contribution < 1.29 is 66.5 Å². The second kappa shape index (κ2) is 9.62. The number of carbonyl (C=O) groups excluding carboxylic acids is 3. The number of oxime groups is 1. The zero-order chi connectivity index (χ0) is 20.4. The molecule has 28 heavy (non-hydrogen) atoms. The Morgan fingerprint density at radius 1 is 1.50 bits per heavy atom. The molecule has 3 N–H and O–H groups in total. The summed E-state index contributed by atoms with van der Waals surface area (Å²) in [6, 6.07) is -3.47. The molecule has 0 saturated carbocycles. The van der Waals surface area contributed by atoms with Crippen LogP contribution < -0.4 is 40.6 Å². The number of nitrogens with one attached hydrogen (secondary N) is 1. The minimum atomic E-state index is -5.28. The molecule has 1 aromatic rings. The van der Waals surface area contributed by atoms with E-state index in [4.69, 9.17) is 5.73 Å². The van der Waals surface area contributed by atoms with Gasteiger partial charge in [0.1, 0.15) is 18.8 Å². The van der Waals surface area contributed by atoms with Gasteiger partial charge in [-0.2, -0.15) is 0 Å². The van der Waals surface area contributed by atoms with E-state index in [1.807, 2.05) is 0 Å². The summed E-state index contributed by atoms with van der Waals surface area (Å²) in [5.74, 6) is -3.45. The molecule has 2 amide bonds. The number of ether oxygens (including phenoxy) is 1. The van der Waals surface area contributed by atoms with E-state index in [9.17, 15) is 27.4 Å². The Morgan fingerprint density at radius 2 is 2.14 bits per heavy atom. The van der Waals surface area contributed by atoms with Gasteiger partial charge < -0.3 is 25.2 Å². The van der Waals surface area contributed by atoms with Crippen LogP contribution in [0.5, 0.6) is 0 Å². The number of nitrogens with zero attached hydrogens (tertiary/aromatic N) is 3. The van der Waals surface area contributed by atoms with Crippen LogP contribution >= 0.6 is 11.3 Å². The maximum absolute atomic E-state index is 12.4. The number of hydrogen-bond donors (Lipinski definition) is 2.